The number of carbonyl (C=O) groups excluding carboxylic acids is 3. The molecular formula is C20H20F2N2O4S2. The molecule has 6 nitrogen and oxygen atoms in total. The Bertz CT molecular complexity index is 945. The van der Waals surface area contributed by atoms with Gasteiger partial charge in [0, 0.05) is 22.4 Å². The number of halogens is 2. The highest BCUT2D eigenvalue weighted by atomic mass is 32.2. The number of fused-ring (bicyclic) bond motifs is 1. The molecular weight excluding hydrogens is 434 g/mol. The second kappa shape index (κ2) is 10.0. The molecule has 0 unspecified atom stereocenters. The Hall–Kier alpha value is -2.46. The molecule has 0 saturated carbocycles. The van der Waals surface area contributed by atoms with Crippen molar-refractivity contribution in [2.24, 2.45) is 0 Å². The Kier molecular flexibility index (Phi) is 7.43. The Labute approximate surface area is 180 Å². The van der Waals surface area contributed by atoms with E-state index in [0.29, 0.717) is 32.9 Å². The van der Waals surface area contributed by atoms with Crippen LogP contribution in [0, 0.1) is 0 Å². The fourth-order valence-corrected chi connectivity index (χ4v) is 4.97. The number of aryl methyl sites for hydroxylation is 1. The molecule has 0 atom stereocenters. The minimum atomic E-state index is -2.52. The van der Waals surface area contributed by atoms with Crippen molar-refractivity contribution in [3.05, 3.63) is 40.3 Å². The second-order valence-corrected chi connectivity index (χ2v) is 8.79. The Balaban J connectivity index is 1.62. The summed E-state index contributed by atoms with van der Waals surface area (Å²) in [6, 6.07) is 5.93. The van der Waals surface area contributed by atoms with Crippen LogP contribution in [0.5, 0.6) is 0 Å². The second-order valence-electron chi connectivity index (χ2n) is 6.62. The van der Waals surface area contributed by atoms with E-state index >= 15 is 0 Å². The summed E-state index contributed by atoms with van der Waals surface area (Å²) >= 11 is 1.78. The largest absolute Gasteiger partial charge is 0.452 e. The average Bonchev–Trinajstić information content (AvgIpc) is 3.04. The van der Waals surface area contributed by atoms with Gasteiger partial charge in [0.1, 0.15) is 5.00 Å². The summed E-state index contributed by atoms with van der Waals surface area (Å²) in [5, 5.41) is 5.68. The molecule has 0 spiro atoms. The standard InChI is InChI=1S/C20H20F2N2O4S2/c1-11(25)23-18-17(14-4-2-3-5-15(14)30-18)19(27)28-10-16(26)24-12-6-8-13(9-7-12)29-20(21)22/h6-9,20H,2-5,10H2,1H3,(H,23,25)(H,24,26). The number of carbonyl (C=O) groups is 3. The maximum Gasteiger partial charge on any atom is 0.341 e. The zero-order valence-corrected chi connectivity index (χ0v) is 17.8. The lowest BCUT2D eigenvalue weighted by Crippen LogP contribution is -2.22. The van der Waals surface area contributed by atoms with Gasteiger partial charge in [0.25, 0.3) is 11.7 Å². The molecule has 2 amide bonds. The zero-order chi connectivity index (χ0) is 21.7. The molecule has 1 aliphatic carbocycles. The van der Waals surface area contributed by atoms with Crippen molar-refractivity contribution in [2.75, 3.05) is 17.2 Å². The lowest BCUT2D eigenvalue weighted by atomic mass is 9.95. The number of rotatable bonds is 7. The molecule has 1 aromatic heterocycles. The first-order valence-electron chi connectivity index (χ1n) is 9.27. The first kappa shape index (κ1) is 22.2. The van der Waals surface area contributed by atoms with Gasteiger partial charge in [-0.25, -0.2) is 4.79 Å². The number of hydrogen-bond acceptors (Lipinski definition) is 6. The van der Waals surface area contributed by atoms with E-state index < -0.39 is 24.2 Å². The number of thiophene rings is 1. The monoisotopic (exact) mass is 454 g/mol. The van der Waals surface area contributed by atoms with Crippen LogP contribution >= 0.6 is 23.1 Å². The molecule has 0 fully saturated rings. The number of benzene rings is 1. The molecule has 0 aliphatic heterocycles. The number of alkyl halides is 2. The van der Waals surface area contributed by atoms with E-state index in [1.807, 2.05) is 0 Å². The summed E-state index contributed by atoms with van der Waals surface area (Å²) < 4.78 is 29.9. The fourth-order valence-electron chi connectivity index (χ4n) is 3.15. The fraction of sp³-hybridized carbons (Fsp3) is 0.350. The van der Waals surface area contributed by atoms with Crippen molar-refractivity contribution in [2.45, 2.75) is 43.3 Å². The van der Waals surface area contributed by atoms with Crippen LogP contribution in [0.25, 0.3) is 0 Å². The average molecular weight is 455 g/mol. The number of hydrogen-bond donors (Lipinski definition) is 2. The molecule has 1 heterocycles. The first-order valence-corrected chi connectivity index (χ1v) is 11.0. The van der Waals surface area contributed by atoms with Crippen molar-refractivity contribution in [3.8, 4) is 0 Å². The number of thioether (sulfide) groups is 1. The van der Waals surface area contributed by atoms with E-state index in [9.17, 15) is 23.2 Å². The third kappa shape index (κ3) is 5.79. The lowest BCUT2D eigenvalue weighted by molar-refractivity contribution is -0.119. The van der Waals surface area contributed by atoms with Crippen molar-refractivity contribution in [1.82, 2.24) is 0 Å². The molecule has 2 N–H and O–H groups in total. The maximum atomic E-state index is 12.7. The highest BCUT2D eigenvalue weighted by molar-refractivity contribution is 7.99. The molecule has 0 radical (unpaired) electrons. The molecule has 1 aliphatic rings. The van der Waals surface area contributed by atoms with Crippen LogP contribution in [-0.2, 0) is 27.2 Å². The summed E-state index contributed by atoms with van der Waals surface area (Å²) in [6.45, 7) is 0.864. The van der Waals surface area contributed by atoms with E-state index in [-0.39, 0.29) is 5.91 Å². The summed E-state index contributed by atoms with van der Waals surface area (Å²) in [6.07, 6.45) is 3.55. The van der Waals surface area contributed by atoms with Gasteiger partial charge in [-0.15, -0.1) is 11.3 Å². The first-order chi connectivity index (χ1) is 14.3. The van der Waals surface area contributed by atoms with E-state index in [4.69, 9.17) is 4.74 Å². The van der Waals surface area contributed by atoms with Gasteiger partial charge in [-0.3, -0.25) is 9.59 Å². The molecule has 2 aromatic rings. The minimum absolute atomic E-state index is 0.283. The van der Waals surface area contributed by atoms with Gasteiger partial charge >= 0.3 is 5.97 Å². The highest BCUT2D eigenvalue weighted by Crippen LogP contribution is 2.38. The molecule has 3 rings (SSSR count). The number of amides is 2. The van der Waals surface area contributed by atoms with Crippen molar-refractivity contribution < 1.29 is 27.9 Å². The minimum Gasteiger partial charge on any atom is -0.452 e. The summed E-state index contributed by atoms with van der Waals surface area (Å²) in [4.78, 5) is 37.7. The van der Waals surface area contributed by atoms with Gasteiger partial charge in [0.05, 0.1) is 5.56 Å². The molecule has 30 heavy (non-hydrogen) atoms. The topological polar surface area (TPSA) is 84.5 Å². The van der Waals surface area contributed by atoms with Crippen molar-refractivity contribution in [1.29, 1.82) is 0 Å². The van der Waals surface area contributed by atoms with Gasteiger partial charge < -0.3 is 15.4 Å². The van der Waals surface area contributed by atoms with Gasteiger partial charge in [0.15, 0.2) is 6.61 Å². The predicted molar refractivity (Wildman–Crippen MR) is 112 cm³/mol. The van der Waals surface area contributed by atoms with Gasteiger partial charge in [-0.2, -0.15) is 8.78 Å². The van der Waals surface area contributed by atoms with Gasteiger partial charge in [0.2, 0.25) is 5.91 Å². The molecule has 10 heteroatoms. The Morgan fingerprint density at radius 2 is 1.83 bits per heavy atom. The van der Waals surface area contributed by atoms with Crippen LogP contribution in [-0.4, -0.2) is 30.1 Å². The third-order valence-corrected chi connectivity index (χ3v) is 6.29. The number of nitrogens with one attached hydrogen (secondary N) is 2. The smallest absolute Gasteiger partial charge is 0.341 e. The molecule has 0 saturated heterocycles. The third-order valence-electron chi connectivity index (χ3n) is 4.36. The van der Waals surface area contributed by atoms with Crippen LogP contribution < -0.4 is 10.6 Å². The maximum absolute atomic E-state index is 12.7. The normalized spacial score (nSPS) is 12.9. The van der Waals surface area contributed by atoms with Crippen LogP contribution in [0.4, 0.5) is 19.5 Å². The highest BCUT2D eigenvalue weighted by Gasteiger charge is 2.27. The van der Waals surface area contributed by atoms with E-state index in [2.05, 4.69) is 10.6 Å². The number of ether oxygens (including phenoxy) is 1. The van der Waals surface area contributed by atoms with Gasteiger partial charge in [-0.05, 0) is 55.5 Å². The van der Waals surface area contributed by atoms with E-state index in [0.717, 1.165) is 36.1 Å². The van der Waals surface area contributed by atoms with E-state index in [1.165, 1.54) is 42.5 Å². The molecule has 0 bridgehead atoms. The Morgan fingerprint density at radius 1 is 1.13 bits per heavy atom. The van der Waals surface area contributed by atoms with Crippen LogP contribution in [0.2, 0.25) is 0 Å². The van der Waals surface area contributed by atoms with Crippen molar-refractivity contribution in [3.63, 3.8) is 0 Å². The SMILES string of the molecule is CC(=O)Nc1sc2c(c1C(=O)OCC(=O)Nc1ccc(SC(F)F)cc1)CCCC2. The zero-order valence-electron chi connectivity index (χ0n) is 16.1. The summed E-state index contributed by atoms with van der Waals surface area (Å²) in [5.74, 6) is -4.01. The quantitative estimate of drug-likeness (QED) is 0.468. The molecule has 1 aromatic carbocycles. The number of esters is 1. The predicted octanol–water partition coefficient (Wildman–Crippen LogP) is 4.70. The summed E-state index contributed by atoms with van der Waals surface area (Å²) in [5.41, 5.74) is 1.61. The van der Waals surface area contributed by atoms with Crippen LogP contribution in [0.1, 0.15) is 40.6 Å². The van der Waals surface area contributed by atoms with Gasteiger partial charge in [-0.1, -0.05) is 11.8 Å². The molecule has 160 valence electrons. The summed E-state index contributed by atoms with van der Waals surface area (Å²) in [7, 11) is 0. The Morgan fingerprint density at radius 3 is 2.50 bits per heavy atom. The van der Waals surface area contributed by atoms with E-state index in [1.54, 1.807) is 0 Å². The lowest BCUT2D eigenvalue weighted by Gasteiger charge is -2.13. The van der Waals surface area contributed by atoms with Crippen LogP contribution in [0.15, 0.2) is 29.2 Å². The van der Waals surface area contributed by atoms with Crippen molar-refractivity contribution >= 4 is 51.6 Å². The van der Waals surface area contributed by atoms with Crippen LogP contribution in [0.3, 0.4) is 0 Å². The number of anilines is 2.